The first-order chi connectivity index (χ1) is 8.27. The number of pyridine rings is 1. The summed E-state index contributed by atoms with van der Waals surface area (Å²) in [5.41, 5.74) is 2.63. The number of fused-ring (bicyclic) bond motifs is 1. The van der Waals surface area contributed by atoms with E-state index in [1.807, 2.05) is 41.8 Å². The van der Waals surface area contributed by atoms with E-state index in [1.165, 1.54) is 6.26 Å². The van der Waals surface area contributed by atoms with Gasteiger partial charge >= 0.3 is 0 Å². The summed E-state index contributed by atoms with van der Waals surface area (Å²) >= 11 is 0. The largest absolute Gasteiger partial charge is 0.461 e. The molecule has 0 aliphatic carbocycles. The third kappa shape index (κ3) is 1.47. The van der Waals surface area contributed by atoms with Crippen molar-refractivity contribution in [3.63, 3.8) is 0 Å². The number of hydrogen-bond acceptors (Lipinski definition) is 2. The molecule has 0 saturated heterocycles. The Labute approximate surface area is 98.3 Å². The lowest BCUT2D eigenvalue weighted by Gasteiger charge is -2.01. The van der Waals surface area contributed by atoms with Gasteiger partial charge in [-0.2, -0.15) is 0 Å². The smallest absolute Gasteiger partial charge is 0.245 e. The van der Waals surface area contributed by atoms with Crippen LogP contribution in [0.25, 0.3) is 5.52 Å². The van der Waals surface area contributed by atoms with E-state index in [-0.39, 0.29) is 5.78 Å². The highest BCUT2D eigenvalue weighted by atomic mass is 16.3. The van der Waals surface area contributed by atoms with Gasteiger partial charge in [-0.15, -0.1) is 0 Å². The fourth-order valence-electron chi connectivity index (χ4n) is 2.07. The quantitative estimate of drug-likeness (QED) is 0.628. The number of rotatable bonds is 2. The highest BCUT2D eigenvalue weighted by Crippen LogP contribution is 2.19. The van der Waals surface area contributed by atoms with Crippen molar-refractivity contribution >= 4 is 11.3 Å². The minimum absolute atomic E-state index is 0.0845. The first-order valence-corrected chi connectivity index (χ1v) is 5.42. The zero-order valence-electron chi connectivity index (χ0n) is 9.38. The van der Waals surface area contributed by atoms with Crippen molar-refractivity contribution in [2.75, 3.05) is 0 Å². The average molecular weight is 225 g/mol. The molecule has 3 nitrogen and oxygen atoms in total. The molecule has 0 fully saturated rings. The first kappa shape index (κ1) is 9.90. The molecule has 0 aliphatic heterocycles. The molecule has 0 spiro atoms. The van der Waals surface area contributed by atoms with Crippen molar-refractivity contribution in [2.45, 2.75) is 6.92 Å². The molecule has 0 saturated carbocycles. The van der Waals surface area contributed by atoms with Gasteiger partial charge in [-0.05, 0) is 42.8 Å². The first-order valence-electron chi connectivity index (χ1n) is 5.42. The van der Waals surface area contributed by atoms with Gasteiger partial charge in [0, 0.05) is 11.7 Å². The van der Waals surface area contributed by atoms with Crippen LogP contribution < -0.4 is 0 Å². The van der Waals surface area contributed by atoms with Crippen molar-refractivity contribution < 1.29 is 9.21 Å². The Morgan fingerprint density at radius 1 is 1.24 bits per heavy atom. The summed E-state index contributed by atoms with van der Waals surface area (Å²) in [5.74, 6) is 0.288. The number of aromatic nitrogens is 1. The zero-order chi connectivity index (χ0) is 11.8. The van der Waals surface area contributed by atoms with Gasteiger partial charge in [0.2, 0.25) is 5.78 Å². The highest BCUT2D eigenvalue weighted by molar-refractivity contribution is 6.07. The molecule has 3 heterocycles. The van der Waals surface area contributed by atoms with Gasteiger partial charge in [0.25, 0.3) is 0 Å². The van der Waals surface area contributed by atoms with Crippen LogP contribution in [0.1, 0.15) is 21.8 Å². The standard InChI is InChI=1S/C14H11NO2/c1-10-9-11-5-2-3-7-15(11)13(10)14(16)12-6-4-8-17-12/h2-9H,1H3. The summed E-state index contributed by atoms with van der Waals surface area (Å²) in [7, 11) is 0. The molecule has 0 N–H and O–H groups in total. The Kier molecular flexibility index (Phi) is 2.11. The van der Waals surface area contributed by atoms with E-state index in [0.29, 0.717) is 11.5 Å². The van der Waals surface area contributed by atoms with Crippen molar-refractivity contribution in [3.8, 4) is 0 Å². The van der Waals surface area contributed by atoms with Gasteiger partial charge in [-0.3, -0.25) is 4.79 Å². The molecule has 84 valence electrons. The molecule has 3 aromatic rings. The van der Waals surface area contributed by atoms with Crippen molar-refractivity contribution in [2.24, 2.45) is 0 Å². The van der Waals surface area contributed by atoms with Crippen LogP contribution in [0.4, 0.5) is 0 Å². The normalized spacial score (nSPS) is 10.9. The van der Waals surface area contributed by atoms with Crippen molar-refractivity contribution in [1.29, 1.82) is 0 Å². The van der Waals surface area contributed by atoms with Crippen LogP contribution in [0.5, 0.6) is 0 Å². The molecule has 0 bridgehead atoms. The maximum atomic E-state index is 12.3. The zero-order valence-corrected chi connectivity index (χ0v) is 9.38. The number of hydrogen-bond donors (Lipinski definition) is 0. The topological polar surface area (TPSA) is 34.6 Å². The molecule has 0 amide bonds. The summed E-state index contributed by atoms with van der Waals surface area (Å²) in [6.45, 7) is 1.93. The van der Waals surface area contributed by atoms with Crippen LogP contribution in [0, 0.1) is 6.92 Å². The predicted octanol–water partition coefficient (Wildman–Crippen LogP) is 3.07. The second-order valence-corrected chi connectivity index (χ2v) is 3.98. The molecule has 0 radical (unpaired) electrons. The number of nitrogens with zero attached hydrogens (tertiary/aromatic N) is 1. The third-order valence-electron chi connectivity index (χ3n) is 2.83. The van der Waals surface area contributed by atoms with Crippen molar-refractivity contribution in [3.05, 3.63) is 65.9 Å². The Balaban J connectivity index is 2.24. The molecule has 0 aliphatic rings. The molecular weight excluding hydrogens is 214 g/mol. The fourth-order valence-corrected chi connectivity index (χ4v) is 2.07. The second kappa shape index (κ2) is 3.63. The van der Waals surface area contributed by atoms with Crippen molar-refractivity contribution in [1.82, 2.24) is 4.40 Å². The molecule has 3 aromatic heterocycles. The minimum Gasteiger partial charge on any atom is -0.461 e. The number of aryl methyl sites for hydroxylation is 1. The fraction of sp³-hybridized carbons (Fsp3) is 0.0714. The minimum atomic E-state index is -0.0845. The number of carbonyl (C=O) groups is 1. The number of ketones is 1. The molecule has 0 unspecified atom stereocenters. The number of carbonyl (C=O) groups excluding carboxylic acids is 1. The van der Waals surface area contributed by atoms with Crippen LogP contribution in [-0.4, -0.2) is 10.2 Å². The predicted molar refractivity (Wildman–Crippen MR) is 64.3 cm³/mol. The summed E-state index contributed by atoms with van der Waals surface area (Å²) in [6.07, 6.45) is 3.40. The van der Waals surface area contributed by atoms with E-state index >= 15 is 0 Å². The van der Waals surface area contributed by atoms with E-state index in [2.05, 4.69) is 0 Å². The highest BCUT2D eigenvalue weighted by Gasteiger charge is 2.18. The maximum absolute atomic E-state index is 12.3. The Bertz CT molecular complexity index is 677. The van der Waals surface area contributed by atoms with E-state index in [9.17, 15) is 4.79 Å². The summed E-state index contributed by atoms with van der Waals surface area (Å²) < 4.78 is 7.05. The molecule has 17 heavy (non-hydrogen) atoms. The Morgan fingerprint density at radius 2 is 2.12 bits per heavy atom. The average Bonchev–Trinajstić information content (AvgIpc) is 2.94. The lowest BCUT2D eigenvalue weighted by Crippen LogP contribution is -2.05. The summed E-state index contributed by atoms with van der Waals surface area (Å²) in [6, 6.07) is 11.2. The molecule has 0 atom stereocenters. The van der Waals surface area contributed by atoms with Crippen LogP contribution in [0.3, 0.4) is 0 Å². The third-order valence-corrected chi connectivity index (χ3v) is 2.83. The van der Waals surface area contributed by atoms with Gasteiger partial charge in [0.05, 0.1) is 6.26 Å². The van der Waals surface area contributed by atoms with Gasteiger partial charge in [-0.25, -0.2) is 0 Å². The van der Waals surface area contributed by atoms with Gasteiger partial charge in [-0.1, -0.05) is 6.07 Å². The molecule has 0 aromatic carbocycles. The Hall–Kier alpha value is -2.29. The monoisotopic (exact) mass is 225 g/mol. The molecular formula is C14H11NO2. The molecule has 3 heteroatoms. The van der Waals surface area contributed by atoms with Gasteiger partial charge in [0.15, 0.2) is 5.76 Å². The Morgan fingerprint density at radius 3 is 2.88 bits per heavy atom. The lowest BCUT2D eigenvalue weighted by molar-refractivity contribution is 0.100. The van der Waals surface area contributed by atoms with Gasteiger partial charge in [0.1, 0.15) is 5.69 Å². The summed E-state index contributed by atoms with van der Waals surface area (Å²) in [5, 5.41) is 0. The number of furan rings is 1. The SMILES string of the molecule is Cc1cc2ccccn2c1C(=O)c1ccco1. The second-order valence-electron chi connectivity index (χ2n) is 3.98. The van der Waals surface area contributed by atoms with E-state index in [1.54, 1.807) is 12.1 Å². The van der Waals surface area contributed by atoms with Crippen LogP contribution in [-0.2, 0) is 0 Å². The van der Waals surface area contributed by atoms with Crippen LogP contribution >= 0.6 is 0 Å². The van der Waals surface area contributed by atoms with Gasteiger partial charge < -0.3 is 8.82 Å². The molecule has 3 rings (SSSR count). The maximum Gasteiger partial charge on any atom is 0.245 e. The van der Waals surface area contributed by atoms with Crippen LogP contribution in [0.15, 0.2) is 53.3 Å². The van der Waals surface area contributed by atoms with E-state index in [0.717, 1.165) is 11.1 Å². The summed E-state index contributed by atoms with van der Waals surface area (Å²) in [4.78, 5) is 12.3. The van der Waals surface area contributed by atoms with E-state index < -0.39 is 0 Å². The lowest BCUT2D eigenvalue weighted by atomic mass is 10.1. The van der Waals surface area contributed by atoms with Crippen LogP contribution in [0.2, 0.25) is 0 Å². The van der Waals surface area contributed by atoms with E-state index in [4.69, 9.17) is 4.42 Å².